The van der Waals surface area contributed by atoms with Crippen LogP contribution in [0.1, 0.15) is 19.3 Å². The molecule has 6 rings (SSSR count). The molecule has 0 radical (unpaired) electrons. The van der Waals surface area contributed by atoms with Crippen molar-refractivity contribution in [1.82, 2.24) is 25.0 Å². The van der Waals surface area contributed by atoms with Gasteiger partial charge in [-0.1, -0.05) is 12.1 Å². The third-order valence-corrected chi connectivity index (χ3v) is 6.19. The van der Waals surface area contributed by atoms with E-state index in [4.69, 9.17) is 0 Å². The van der Waals surface area contributed by atoms with Gasteiger partial charge < -0.3 is 9.88 Å². The zero-order valence-corrected chi connectivity index (χ0v) is 17.0. The SMILES string of the molecule is Cn1cc(-c2ccc3[nH]nc(-c4cc5c(N6CCCCC6)cccc5[nH]4)c3c2)cn1. The number of piperidine rings is 1. The van der Waals surface area contributed by atoms with E-state index in [2.05, 4.69) is 67.6 Å². The number of aromatic amines is 2. The molecular weight excluding hydrogens is 372 g/mol. The summed E-state index contributed by atoms with van der Waals surface area (Å²) in [5, 5.41) is 14.5. The zero-order valence-electron chi connectivity index (χ0n) is 17.0. The van der Waals surface area contributed by atoms with Gasteiger partial charge in [-0.25, -0.2) is 0 Å². The molecule has 30 heavy (non-hydrogen) atoms. The Labute approximate surface area is 174 Å². The Bertz CT molecular complexity index is 1350. The lowest BCUT2D eigenvalue weighted by Gasteiger charge is -2.29. The van der Waals surface area contributed by atoms with E-state index < -0.39 is 0 Å². The Hall–Kier alpha value is -3.54. The van der Waals surface area contributed by atoms with E-state index in [1.165, 1.54) is 30.3 Å². The van der Waals surface area contributed by atoms with Crippen LogP contribution < -0.4 is 4.90 Å². The summed E-state index contributed by atoms with van der Waals surface area (Å²) in [6, 6.07) is 15.2. The van der Waals surface area contributed by atoms with E-state index in [1.54, 1.807) is 0 Å². The van der Waals surface area contributed by atoms with Crippen LogP contribution in [0.25, 0.3) is 44.3 Å². The van der Waals surface area contributed by atoms with Crippen LogP contribution in [0.5, 0.6) is 0 Å². The van der Waals surface area contributed by atoms with Crippen molar-refractivity contribution in [2.75, 3.05) is 18.0 Å². The molecular formula is C24H24N6. The second-order valence-electron chi connectivity index (χ2n) is 8.20. The van der Waals surface area contributed by atoms with E-state index in [0.717, 1.165) is 52.0 Å². The minimum Gasteiger partial charge on any atom is -0.371 e. The number of nitrogens with one attached hydrogen (secondary N) is 2. The molecule has 150 valence electrons. The first-order valence-electron chi connectivity index (χ1n) is 10.6. The Kier molecular flexibility index (Phi) is 3.91. The average Bonchev–Trinajstić information content (AvgIpc) is 3.50. The molecule has 1 fully saturated rings. The lowest BCUT2D eigenvalue weighted by molar-refractivity contribution is 0.579. The molecule has 0 spiro atoms. The van der Waals surface area contributed by atoms with Crippen molar-refractivity contribution >= 4 is 27.5 Å². The largest absolute Gasteiger partial charge is 0.371 e. The number of H-pyrrole nitrogens is 2. The molecule has 0 bridgehead atoms. The summed E-state index contributed by atoms with van der Waals surface area (Å²) < 4.78 is 1.83. The van der Waals surface area contributed by atoms with Crippen molar-refractivity contribution in [3.8, 4) is 22.5 Å². The number of fused-ring (bicyclic) bond motifs is 2. The van der Waals surface area contributed by atoms with E-state index in [1.807, 2.05) is 24.1 Å². The summed E-state index contributed by atoms with van der Waals surface area (Å²) in [4.78, 5) is 6.13. The Balaban J connectivity index is 1.47. The van der Waals surface area contributed by atoms with Gasteiger partial charge in [-0.15, -0.1) is 0 Å². The fraction of sp³-hybridized carbons (Fsp3) is 0.250. The molecule has 0 amide bonds. The molecule has 5 aromatic rings. The van der Waals surface area contributed by atoms with Crippen molar-refractivity contribution in [3.63, 3.8) is 0 Å². The summed E-state index contributed by atoms with van der Waals surface area (Å²) >= 11 is 0. The predicted molar refractivity (Wildman–Crippen MR) is 122 cm³/mol. The van der Waals surface area contributed by atoms with Crippen LogP contribution in [0.2, 0.25) is 0 Å². The van der Waals surface area contributed by atoms with Crippen molar-refractivity contribution < 1.29 is 0 Å². The average molecular weight is 396 g/mol. The van der Waals surface area contributed by atoms with Crippen LogP contribution in [0.3, 0.4) is 0 Å². The summed E-state index contributed by atoms with van der Waals surface area (Å²) in [7, 11) is 1.94. The maximum absolute atomic E-state index is 4.65. The van der Waals surface area contributed by atoms with Crippen LogP contribution in [0.15, 0.2) is 54.9 Å². The predicted octanol–water partition coefficient (Wildman–Crippen LogP) is 5.10. The summed E-state index contributed by atoms with van der Waals surface area (Å²) in [6.07, 6.45) is 7.82. The van der Waals surface area contributed by atoms with Gasteiger partial charge in [0, 0.05) is 53.9 Å². The summed E-state index contributed by atoms with van der Waals surface area (Å²) in [5.74, 6) is 0. The number of nitrogens with zero attached hydrogens (tertiary/aromatic N) is 4. The topological polar surface area (TPSA) is 65.5 Å². The molecule has 0 aliphatic carbocycles. The molecule has 1 saturated heterocycles. The highest BCUT2D eigenvalue weighted by molar-refractivity contribution is 6.00. The first kappa shape index (κ1) is 17.3. The van der Waals surface area contributed by atoms with E-state index in [-0.39, 0.29) is 0 Å². The smallest absolute Gasteiger partial charge is 0.116 e. The standard InChI is InChI=1S/C24H24N6/c1-29-15-17(14-25-29)16-8-9-21-19(12-16)24(28-27-21)22-13-18-20(26-22)6-5-7-23(18)30-10-3-2-4-11-30/h5-9,12-15,26H,2-4,10-11H2,1H3,(H,27,28). The molecule has 2 N–H and O–H groups in total. The van der Waals surface area contributed by atoms with Crippen LogP contribution in [0.4, 0.5) is 5.69 Å². The van der Waals surface area contributed by atoms with Crippen molar-refractivity contribution in [2.45, 2.75) is 19.3 Å². The number of aromatic nitrogens is 5. The van der Waals surface area contributed by atoms with Crippen LogP contribution >= 0.6 is 0 Å². The third-order valence-electron chi connectivity index (χ3n) is 6.19. The molecule has 1 aliphatic rings. The van der Waals surface area contributed by atoms with E-state index >= 15 is 0 Å². The molecule has 6 heteroatoms. The molecule has 2 aromatic carbocycles. The number of hydrogen-bond acceptors (Lipinski definition) is 3. The fourth-order valence-electron chi connectivity index (χ4n) is 4.65. The fourth-order valence-corrected chi connectivity index (χ4v) is 4.65. The van der Waals surface area contributed by atoms with Crippen molar-refractivity contribution in [1.29, 1.82) is 0 Å². The second-order valence-corrected chi connectivity index (χ2v) is 8.20. The van der Waals surface area contributed by atoms with Gasteiger partial charge in [0.05, 0.1) is 17.4 Å². The highest BCUT2D eigenvalue weighted by Crippen LogP contribution is 2.35. The number of rotatable bonds is 3. The molecule has 1 aliphatic heterocycles. The van der Waals surface area contributed by atoms with Gasteiger partial charge in [0.1, 0.15) is 5.69 Å². The van der Waals surface area contributed by atoms with Crippen LogP contribution in [-0.2, 0) is 7.05 Å². The molecule has 3 aromatic heterocycles. The lowest BCUT2D eigenvalue weighted by atomic mass is 10.0. The van der Waals surface area contributed by atoms with Gasteiger partial charge >= 0.3 is 0 Å². The second kappa shape index (κ2) is 6.76. The Morgan fingerprint density at radius 3 is 2.63 bits per heavy atom. The zero-order chi connectivity index (χ0) is 20.1. The molecule has 0 atom stereocenters. The Morgan fingerprint density at radius 1 is 0.900 bits per heavy atom. The van der Waals surface area contributed by atoms with E-state index in [0.29, 0.717) is 0 Å². The van der Waals surface area contributed by atoms with Crippen molar-refractivity contribution in [2.24, 2.45) is 7.05 Å². The van der Waals surface area contributed by atoms with Crippen LogP contribution in [0, 0.1) is 0 Å². The summed E-state index contributed by atoms with van der Waals surface area (Å²) in [6.45, 7) is 2.28. The summed E-state index contributed by atoms with van der Waals surface area (Å²) in [5.41, 5.74) is 7.77. The molecule has 0 saturated carbocycles. The lowest BCUT2D eigenvalue weighted by Crippen LogP contribution is -2.29. The van der Waals surface area contributed by atoms with Gasteiger partial charge in [-0.05, 0) is 55.2 Å². The number of aryl methyl sites for hydroxylation is 1. The minimum absolute atomic E-state index is 0.955. The van der Waals surface area contributed by atoms with Gasteiger partial charge in [0.25, 0.3) is 0 Å². The maximum Gasteiger partial charge on any atom is 0.116 e. The first-order valence-corrected chi connectivity index (χ1v) is 10.6. The number of hydrogen-bond donors (Lipinski definition) is 2. The quantitative estimate of drug-likeness (QED) is 0.446. The highest BCUT2D eigenvalue weighted by Gasteiger charge is 2.17. The maximum atomic E-state index is 4.65. The van der Waals surface area contributed by atoms with Crippen LogP contribution in [-0.4, -0.2) is 38.1 Å². The number of anilines is 1. The minimum atomic E-state index is 0.955. The van der Waals surface area contributed by atoms with Gasteiger partial charge in [-0.3, -0.25) is 9.78 Å². The Morgan fingerprint density at radius 2 is 1.80 bits per heavy atom. The normalized spacial score (nSPS) is 14.8. The van der Waals surface area contributed by atoms with Gasteiger partial charge in [-0.2, -0.15) is 10.2 Å². The monoisotopic (exact) mass is 396 g/mol. The van der Waals surface area contributed by atoms with Crippen molar-refractivity contribution in [3.05, 3.63) is 54.9 Å². The van der Waals surface area contributed by atoms with Gasteiger partial charge in [0.15, 0.2) is 0 Å². The molecule has 6 nitrogen and oxygen atoms in total. The first-order chi connectivity index (χ1) is 14.8. The molecule has 4 heterocycles. The third kappa shape index (κ3) is 2.79. The van der Waals surface area contributed by atoms with Gasteiger partial charge in [0.2, 0.25) is 0 Å². The van der Waals surface area contributed by atoms with E-state index in [9.17, 15) is 0 Å². The number of benzene rings is 2. The highest BCUT2D eigenvalue weighted by atomic mass is 15.2. The molecule has 0 unspecified atom stereocenters.